The zero-order valence-electron chi connectivity index (χ0n) is 24.1. The average Bonchev–Trinajstić information content (AvgIpc) is 3.70. The van der Waals surface area contributed by atoms with Gasteiger partial charge in [-0.15, -0.1) is 5.10 Å². The van der Waals surface area contributed by atoms with Crippen molar-refractivity contribution in [2.75, 3.05) is 36.6 Å². The second-order valence-corrected chi connectivity index (χ2v) is 14.1. The van der Waals surface area contributed by atoms with Gasteiger partial charge in [-0.1, -0.05) is 12.1 Å². The number of pyridine rings is 2. The number of likely N-dealkylation sites (N-methyl/N-ethyl adjacent to an activating group) is 1. The fourth-order valence-electron chi connectivity index (χ4n) is 5.42. The number of alkyl halides is 1. The van der Waals surface area contributed by atoms with Gasteiger partial charge in [-0.05, 0) is 37.1 Å². The number of ether oxygens (including phenoxy) is 1. The topological polar surface area (TPSA) is 92.8 Å². The van der Waals surface area contributed by atoms with E-state index in [-0.39, 0.29) is 26.9 Å². The van der Waals surface area contributed by atoms with E-state index in [1.54, 1.807) is 33.5 Å². The van der Waals surface area contributed by atoms with E-state index in [2.05, 4.69) is 37.4 Å². The van der Waals surface area contributed by atoms with Gasteiger partial charge in [-0.3, -0.25) is 9.67 Å². The SMILES string of the molecule is C[C@H]1CN(CCOc2ccn3c(C(=O)Nc4cccc5c4c(F)nn5Cc4cccc(C5CC5)n4)cnc3c2)C[I-]N1C. The average molecular weight is 696 g/mol. The van der Waals surface area contributed by atoms with Gasteiger partial charge in [0.05, 0.1) is 28.8 Å². The van der Waals surface area contributed by atoms with Gasteiger partial charge in [0.1, 0.15) is 0 Å². The summed E-state index contributed by atoms with van der Waals surface area (Å²) in [4.78, 5) is 25.0. The van der Waals surface area contributed by atoms with Crippen molar-refractivity contribution in [3.63, 3.8) is 0 Å². The number of anilines is 1. The van der Waals surface area contributed by atoms with Crippen molar-refractivity contribution in [3.05, 3.63) is 84.0 Å². The molecule has 5 heterocycles. The van der Waals surface area contributed by atoms with Crippen LogP contribution >= 0.6 is 0 Å². The van der Waals surface area contributed by atoms with Crippen LogP contribution in [0.4, 0.5) is 10.1 Å². The van der Waals surface area contributed by atoms with Crippen molar-refractivity contribution in [1.82, 2.24) is 32.2 Å². The summed E-state index contributed by atoms with van der Waals surface area (Å²) in [6, 6.07) is 15.5. The van der Waals surface area contributed by atoms with Crippen LogP contribution in [0.15, 0.2) is 60.9 Å². The summed E-state index contributed by atoms with van der Waals surface area (Å²) in [5, 5.41) is 7.29. The number of nitrogens with one attached hydrogen (secondary N) is 1. The van der Waals surface area contributed by atoms with Gasteiger partial charge in [0, 0.05) is 11.6 Å². The quantitative estimate of drug-likeness (QED) is 0.108. The fraction of sp³-hybridized carbons (Fsp3) is 0.355. The molecule has 1 N–H and O–H groups in total. The number of rotatable bonds is 9. The van der Waals surface area contributed by atoms with Crippen molar-refractivity contribution in [2.24, 2.45) is 0 Å². The van der Waals surface area contributed by atoms with E-state index in [1.807, 2.05) is 30.3 Å². The van der Waals surface area contributed by atoms with Crippen molar-refractivity contribution < 1.29 is 35.4 Å². The van der Waals surface area contributed by atoms with Crippen LogP contribution < -0.4 is 31.5 Å². The Bertz CT molecular complexity index is 1800. The van der Waals surface area contributed by atoms with Crippen LogP contribution in [-0.4, -0.2) is 75.4 Å². The first-order chi connectivity index (χ1) is 20.9. The fourth-order valence-corrected chi connectivity index (χ4v) is 7.80. The third-order valence-electron chi connectivity index (χ3n) is 8.05. The first-order valence-electron chi connectivity index (χ1n) is 14.5. The molecule has 43 heavy (non-hydrogen) atoms. The maximum absolute atomic E-state index is 15.2. The Hall–Kier alpha value is -3.62. The molecule has 1 aliphatic heterocycles. The molecule has 1 saturated heterocycles. The van der Waals surface area contributed by atoms with Gasteiger partial charge >= 0.3 is 146 Å². The Kier molecular flexibility index (Phi) is 7.74. The van der Waals surface area contributed by atoms with Crippen LogP contribution in [0.25, 0.3) is 16.6 Å². The molecule has 0 unspecified atom stereocenters. The van der Waals surface area contributed by atoms with Gasteiger partial charge in [-0.2, -0.15) is 4.39 Å². The predicted molar refractivity (Wildman–Crippen MR) is 157 cm³/mol. The molecule has 1 aromatic carbocycles. The Labute approximate surface area is 259 Å². The zero-order chi connectivity index (χ0) is 29.5. The number of amides is 1. The summed E-state index contributed by atoms with van der Waals surface area (Å²) in [7, 11) is 2.21. The molecule has 2 fully saturated rings. The molecule has 4 aromatic heterocycles. The van der Waals surface area contributed by atoms with Gasteiger partial charge in [0.15, 0.2) is 0 Å². The van der Waals surface area contributed by atoms with Crippen LogP contribution in [0.3, 0.4) is 0 Å². The van der Waals surface area contributed by atoms with Crippen LogP contribution in [0.1, 0.15) is 47.6 Å². The molecule has 0 bridgehead atoms. The molecule has 224 valence electrons. The second kappa shape index (κ2) is 11.8. The number of aromatic nitrogens is 5. The van der Waals surface area contributed by atoms with Crippen molar-refractivity contribution in [3.8, 4) is 5.75 Å². The van der Waals surface area contributed by atoms with Gasteiger partial charge in [-0.25, -0.2) is 0 Å². The molecule has 0 spiro atoms. The molecule has 10 nitrogen and oxygen atoms in total. The Morgan fingerprint density at radius 2 is 2.05 bits per heavy atom. The molecule has 1 saturated carbocycles. The zero-order valence-corrected chi connectivity index (χ0v) is 26.2. The number of fused-ring (bicyclic) bond motifs is 2. The van der Waals surface area contributed by atoms with E-state index in [4.69, 9.17) is 9.72 Å². The van der Waals surface area contributed by atoms with E-state index in [1.165, 1.54) is 6.20 Å². The third-order valence-corrected chi connectivity index (χ3v) is 11.4. The molecule has 12 heteroatoms. The van der Waals surface area contributed by atoms with Crippen molar-refractivity contribution in [1.29, 1.82) is 0 Å². The van der Waals surface area contributed by atoms with Crippen molar-refractivity contribution >= 4 is 28.1 Å². The number of hydrogen-bond acceptors (Lipinski definition) is 7. The molecular weight excluding hydrogens is 662 g/mol. The van der Waals surface area contributed by atoms with E-state index < -0.39 is 11.9 Å². The minimum absolute atomic E-state index is 0.0528. The Morgan fingerprint density at radius 3 is 2.88 bits per heavy atom. The summed E-state index contributed by atoms with van der Waals surface area (Å²) in [5.41, 5.74) is 3.77. The van der Waals surface area contributed by atoms with Gasteiger partial charge in [0.2, 0.25) is 5.95 Å². The van der Waals surface area contributed by atoms with Crippen molar-refractivity contribution in [2.45, 2.75) is 38.3 Å². The molecule has 2 aliphatic rings. The summed E-state index contributed by atoms with van der Waals surface area (Å²) in [6.07, 6.45) is 5.62. The number of benzene rings is 1. The van der Waals surface area contributed by atoms with Crippen LogP contribution in [-0.2, 0) is 6.54 Å². The number of halogens is 2. The van der Waals surface area contributed by atoms with Gasteiger partial charge in [0.25, 0.3) is 0 Å². The minimum atomic E-state index is -0.642. The summed E-state index contributed by atoms with van der Waals surface area (Å²) in [5.74, 6) is 0.200. The third kappa shape index (κ3) is 5.95. The molecule has 5 aromatic rings. The summed E-state index contributed by atoms with van der Waals surface area (Å²) >= 11 is 0.0528. The van der Waals surface area contributed by atoms with Crippen LogP contribution in [0, 0.1) is 5.95 Å². The second-order valence-electron chi connectivity index (χ2n) is 11.2. The standard InChI is InChI=1S/C31H33FIN8O2/c1-20-17-39(19-33-38(20)2)13-14-43-23-11-12-40-27(16-34-28(40)15-23)31(42)36-25-7-4-8-26-29(25)30(32)37-41(26)18-22-5-3-6-24(35-22)21-9-10-21/h3-8,11-12,15-16,20-21H,9-10,13-14,17-19H2,1-2H3,(H,36,42)/q-1/t20-/m0/s1. The number of carbonyl (C=O) groups excluding carboxylic acids is 1. The van der Waals surface area contributed by atoms with Crippen LogP contribution in [0.5, 0.6) is 5.75 Å². The number of carbonyl (C=O) groups is 1. The normalized spacial score (nSPS) is 18.2. The van der Waals surface area contributed by atoms with Crippen LogP contribution in [0.2, 0.25) is 0 Å². The number of hydrogen-bond donors (Lipinski definition) is 1. The number of imidazole rings is 1. The van der Waals surface area contributed by atoms with E-state index >= 15 is 4.39 Å². The predicted octanol–water partition coefficient (Wildman–Crippen LogP) is 1.37. The summed E-state index contributed by atoms with van der Waals surface area (Å²) < 4.78 is 28.1. The van der Waals surface area contributed by atoms with E-state index in [0.717, 1.165) is 41.9 Å². The van der Waals surface area contributed by atoms with E-state index in [9.17, 15) is 4.79 Å². The monoisotopic (exact) mass is 695 g/mol. The number of nitrogens with zero attached hydrogens (tertiary/aromatic N) is 7. The first-order valence-corrected chi connectivity index (χ1v) is 17.0. The maximum atomic E-state index is 15.2. The first kappa shape index (κ1) is 28.2. The molecule has 1 aliphatic carbocycles. The molecule has 7 rings (SSSR count). The van der Waals surface area contributed by atoms with Gasteiger partial charge < -0.3 is 0 Å². The van der Waals surface area contributed by atoms with E-state index in [0.29, 0.717) is 53.4 Å². The Balaban J connectivity index is 1.04. The Morgan fingerprint density at radius 1 is 1.19 bits per heavy atom. The molecule has 1 amide bonds. The molecule has 0 radical (unpaired) electrons. The molecule has 1 atom stereocenters. The summed E-state index contributed by atoms with van der Waals surface area (Å²) in [6.45, 7) is 5.14. The molecular formula is C31H33FIN8O2-.